The first-order valence-corrected chi connectivity index (χ1v) is 15.2. The molecule has 3 aromatic rings. The summed E-state index contributed by atoms with van der Waals surface area (Å²) in [4.78, 5) is 30.3. The maximum Gasteiger partial charge on any atom is 0.387 e. The first-order chi connectivity index (χ1) is 21.0. The van der Waals surface area contributed by atoms with Gasteiger partial charge >= 0.3 is 12.6 Å². The van der Waals surface area contributed by atoms with E-state index in [-0.39, 0.29) is 45.2 Å². The smallest absolute Gasteiger partial charge is 0.387 e. The Morgan fingerprint density at radius 2 is 1.77 bits per heavy atom. The monoisotopic (exact) mass is 650 g/mol. The number of esters is 1. The Labute approximate surface area is 264 Å². The van der Waals surface area contributed by atoms with Crippen LogP contribution in [0.4, 0.5) is 14.5 Å². The van der Waals surface area contributed by atoms with E-state index in [1.807, 2.05) is 25.9 Å². The molecule has 2 aliphatic carbocycles. The third kappa shape index (κ3) is 7.95. The van der Waals surface area contributed by atoms with Crippen molar-refractivity contribution in [2.24, 2.45) is 11.8 Å². The number of pyridine rings is 1. The van der Waals surface area contributed by atoms with Gasteiger partial charge in [-0.05, 0) is 80.3 Å². The highest BCUT2D eigenvalue weighted by molar-refractivity contribution is 6.35. The predicted molar refractivity (Wildman–Crippen MR) is 164 cm³/mol. The molecule has 2 atom stereocenters. The molecule has 1 N–H and O–H groups in total. The van der Waals surface area contributed by atoms with Gasteiger partial charge in [0, 0.05) is 32.3 Å². The van der Waals surface area contributed by atoms with Crippen molar-refractivity contribution in [3.63, 3.8) is 0 Å². The normalized spacial score (nSPS) is 15.9. The Kier molecular flexibility index (Phi) is 9.90. The number of rotatable bonds is 14. The molecule has 12 heteroatoms. The fourth-order valence-corrected chi connectivity index (χ4v) is 5.32. The molecule has 2 unspecified atom stereocenters. The molecule has 5 rings (SSSR count). The van der Waals surface area contributed by atoms with Crippen molar-refractivity contribution in [3.8, 4) is 17.2 Å². The van der Waals surface area contributed by atoms with Gasteiger partial charge < -0.3 is 28.8 Å². The first kappa shape index (κ1) is 31.9. The van der Waals surface area contributed by atoms with Crippen molar-refractivity contribution in [2.75, 3.05) is 25.6 Å². The third-order valence-corrected chi connectivity index (χ3v) is 8.46. The van der Waals surface area contributed by atoms with Crippen LogP contribution in [0.15, 0.2) is 47.4 Å². The van der Waals surface area contributed by atoms with E-state index in [0.717, 1.165) is 31.4 Å². The summed E-state index contributed by atoms with van der Waals surface area (Å²) >= 11 is 12.7. The number of aromatic nitrogens is 1. The molecule has 0 bridgehead atoms. The van der Waals surface area contributed by atoms with E-state index in [1.54, 1.807) is 18.2 Å². The zero-order valence-corrected chi connectivity index (χ0v) is 26.1. The summed E-state index contributed by atoms with van der Waals surface area (Å²) < 4.78 is 49.1. The second-order valence-electron chi connectivity index (χ2n) is 11.4. The molecule has 44 heavy (non-hydrogen) atoms. The van der Waals surface area contributed by atoms with Crippen LogP contribution < -0.4 is 24.7 Å². The first-order valence-electron chi connectivity index (χ1n) is 14.5. The third-order valence-electron chi connectivity index (χ3n) is 7.72. The largest absolute Gasteiger partial charge is 0.489 e. The molecule has 2 aliphatic rings. The van der Waals surface area contributed by atoms with Crippen LogP contribution in [0.25, 0.3) is 0 Å². The zero-order chi connectivity index (χ0) is 31.5. The molecule has 2 aromatic carbocycles. The molecule has 0 radical (unpaired) electrons. The molecule has 236 valence electrons. The lowest BCUT2D eigenvalue weighted by atomic mass is 10.0. The van der Waals surface area contributed by atoms with Gasteiger partial charge in [-0.15, -0.1) is 0 Å². The van der Waals surface area contributed by atoms with E-state index in [9.17, 15) is 18.4 Å². The van der Waals surface area contributed by atoms with Crippen LogP contribution in [-0.4, -0.2) is 44.4 Å². The maximum atomic E-state index is 13.7. The summed E-state index contributed by atoms with van der Waals surface area (Å²) in [6.45, 7) is -0.715. The molecular formula is C32H34Cl2F2N2O6. The van der Waals surface area contributed by atoms with Crippen molar-refractivity contribution in [1.82, 2.24) is 4.98 Å². The SMILES string of the molecule is CC(Oc1cc(C(=O)OC(Cc2c(Cl)c[nH]c(=O)c2Cl)c2ccc(OC(F)F)c(OCC3CC3)c2)ccc1N(C)C)C1CC1. The van der Waals surface area contributed by atoms with Crippen molar-refractivity contribution < 1.29 is 32.5 Å². The number of ether oxygens (including phenoxy) is 4. The molecule has 0 saturated heterocycles. The van der Waals surface area contributed by atoms with Gasteiger partial charge in [-0.2, -0.15) is 8.78 Å². The highest BCUT2D eigenvalue weighted by atomic mass is 35.5. The Hall–Kier alpha value is -3.50. The van der Waals surface area contributed by atoms with E-state index >= 15 is 0 Å². The van der Waals surface area contributed by atoms with Gasteiger partial charge in [0.15, 0.2) is 11.5 Å². The number of nitrogens with zero attached hydrogens (tertiary/aromatic N) is 1. The number of hydrogen-bond acceptors (Lipinski definition) is 7. The standard InChI is InChI=1S/C32H34Cl2F2N2O6/c1-17(19-6-7-19)42-27-13-21(8-10-24(27)38(2)3)31(40)43-26(14-22-23(33)15-37-30(39)29(22)34)20-9-11-25(44-32(35)36)28(12-20)41-16-18-4-5-18/h8-13,15,17-19,26,32H,4-7,14,16H2,1-3H3,(H,37,39). The quantitative estimate of drug-likeness (QED) is 0.181. The van der Waals surface area contributed by atoms with Crippen LogP contribution in [0.2, 0.25) is 10.0 Å². The molecule has 0 amide bonds. The summed E-state index contributed by atoms with van der Waals surface area (Å²) in [5, 5.41) is 0.0140. The van der Waals surface area contributed by atoms with Crippen LogP contribution in [0.5, 0.6) is 17.2 Å². The summed E-state index contributed by atoms with van der Waals surface area (Å²) in [5.74, 6) is 0.623. The van der Waals surface area contributed by atoms with Gasteiger partial charge in [-0.3, -0.25) is 4.79 Å². The molecule has 2 fully saturated rings. The zero-order valence-electron chi connectivity index (χ0n) is 24.6. The number of halogens is 4. The average Bonchev–Trinajstić information content (AvgIpc) is 3.90. The number of hydrogen-bond donors (Lipinski definition) is 1. The number of carbonyl (C=O) groups excluding carboxylic acids is 1. The topological polar surface area (TPSA) is 90.1 Å². The predicted octanol–water partition coefficient (Wildman–Crippen LogP) is 7.46. The number of alkyl halides is 2. The molecule has 2 saturated carbocycles. The van der Waals surface area contributed by atoms with Crippen LogP contribution in [0, 0.1) is 11.8 Å². The number of nitrogens with one attached hydrogen (secondary N) is 1. The number of aromatic amines is 1. The van der Waals surface area contributed by atoms with Gasteiger partial charge in [0.25, 0.3) is 5.56 Å². The maximum absolute atomic E-state index is 13.7. The molecular weight excluding hydrogens is 617 g/mol. The number of anilines is 1. The lowest BCUT2D eigenvalue weighted by Crippen LogP contribution is -2.19. The van der Waals surface area contributed by atoms with Gasteiger partial charge in [-0.25, -0.2) is 4.79 Å². The summed E-state index contributed by atoms with van der Waals surface area (Å²) in [6, 6.07) is 9.39. The Balaban J connectivity index is 1.49. The number of benzene rings is 2. The Morgan fingerprint density at radius 1 is 1.02 bits per heavy atom. The Bertz CT molecular complexity index is 1560. The summed E-state index contributed by atoms with van der Waals surface area (Å²) in [5.41, 5.74) is 1.15. The molecule has 0 spiro atoms. The minimum atomic E-state index is -3.06. The van der Waals surface area contributed by atoms with Crippen LogP contribution in [0.3, 0.4) is 0 Å². The summed E-state index contributed by atoms with van der Waals surface area (Å²) in [6.07, 6.45) is 4.35. The average molecular weight is 652 g/mol. The summed E-state index contributed by atoms with van der Waals surface area (Å²) in [7, 11) is 3.77. The van der Waals surface area contributed by atoms with Crippen molar-refractivity contribution >= 4 is 34.9 Å². The Morgan fingerprint density at radius 3 is 2.43 bits per heavy atom. The second kappa shape index (κ2) is 13.6. The van der Waals surface area contributed by atoms with Crippen LogP contribution >= 0.6 is 23.2 Å². The molecule has 8 nitrogen and oxygen atoms in total. The van der Waals surface area contributed by atoms with Crippen LogP contribution in [-0.2, 0) is 11.2 Å². The highest BCUT2D eigenvalue weighted by Crippen LogP contribution is 2.40. The van der Waals surface area contributed by atoms with Crippen molar-refractivity contribution in [2.45, 2.75) is 57.8 Å². The van der Waals surface area contributed by atoms with Crippen molar-refractivity contribution in [3.05, 3.63) is 79.7 Å². The molecule has 1 aromatic heterocycles. The highest BCUT2D eigenvalue weighted by Gasteiger charge is 2.31. The minimum Gasteiger partial charge on any atom is -0.489 e. The van der Waals surface area contributed by atoms with Crippen molar-refractivity contribution in [1.29, 1.82) is 0 Å². The van der Waals surface area contributed by atoms with E-state index in [1.165, 1.54) is 24.4 Å². The van der Waals surface area contributed by atoms with E-state index in [4.69, 9.17) is 37.4 Å². The second-order valence-corrected chi connectivity index (χ2v) is 12.2. The fourth-order valence-electron chi connectivity index (χ4n) is 4.81. The van der Waals surface area contributed by atoms with E-state index < -0.39 is 24.2 Å². The molecule has 0 aliphatic heterocycles. The lowest BCUT2D eigenvalue weighted by Gasteiger charge is -2.23. The van der Waals surface area contributed by atoms with E-state index in [0.29, 0.717) is 29.8 Å². The van der Waals surface area contributed by atoms with E-state index in [2.05, 4.69) is 9.72 Å². The van der Waals surface area contributed by atoms with Crippen LogP contribution in [0.1, 0.15) is 60.2 Å². The fraction of sp³-hybridized carbons (Fsp3) is 0.438. The van der Waals surface area contributed by atoms with Gasteiger partial charge in [0.05, 0.1) is 29.0 Å². The number of H-pyrrole nitrogens is 1. The minimum absolute atomic E-state index is 0.0174. The van der Waals surface area contributed by atoms with Gasteiger partial charge in [0.1, 0.15) is 16.9 Å². The van der Waals surface area contributed by atoms with Gasteiger partial charge in [-0.1, -0.05) is 29.3 Å². The lowest BCUT2D eigenvalue weighted by molar-refractivity contribution is -0.0515. The molecule has 1 heterocycles. The van der Waals surface area contributed by atoms with Gasteiger partial charge in [0.2, 0.25) is 0 Å². The number of carbonyl (C=O) groups is 1.